The predicted molar refractivity (Wildman–Crippen MR) is 75.7 cm³/mol. The van der Waals surface area contributed by atoms with Crippen LogP contribution in [0.1, 0.15) is 10.4 Å². The third kappa shape index (κ3) is 4.72. The molecule has 0 bridgehead atoms. The Morgan fingerprint density at radius 3 is 3.00 bits per heavy atom. The number of rotatable bonds is 6. The first-order valence-electron chi connectivity index (χ1n) is 4.93. The summed E-state index contributed by atoms with van der Waals surface area (Å²) in [4.78, 5) is 11.0. The number of carbonyl (C=O) groups is 1. The average molecular weight is 314 g/mol. The van der Waals surface area contributed by atoms with Crippen LogP contribution in [0.3, 0.4) is 0 Å². The van der Waals surface area contributed by atoms with E-state index in [-0.39, 0.29) is 5.56 Å². The van der Waals surface area contributed by atoms with Gasteiger partial charge in [0.1, 0.15) is 0 Å². The van der Waals surface area contributed by atoms with E-state index in [1.165, 1.54) is 0 Å². The van der Waals surface area contributed by atoms with Crippen molar-refractivity contribution in [1.82, 2.24) is 0 Å². The number of carboxylic acid groups (broad SMARTS) is 1. The first-order valence-corrected chi connectivity index (χ1v) is 6.88. The third-order valence-electron chi connectivity index (χ3n) is 1.96. The molecule has 0 heterocycles. The molecule has 1 rings (SSSR count). The molecule has 1 aromatic carbocycles. The summed E-state index contributed by atoms with van der Waals surface area (Å²) in [5.74, 6) is 3.12. The van der Waals surface area contributed by atoms with Crippen LogP contribution >= 0.6 is 27.7 Å². The largest absolute Gasteiger partial charge is 0.478 e. The Morgan fingerprint density at radius 2 is 2.35 bits per heavy atom. The molecule has 0 spiro atoms. The summed E-state index contributed by atoms with van der Waals surface area (Å²) in [6, 6.07) is 5.04. The smallest absolute Gasteiger partial charge is 0.337 e. The number of carboxylic acids is 1. The van der Waals surface area contributed by atoms with Crippen LogP contribution < -0.4 is 5.32 Å². The lowest BCUT2D eigenvalue weighted by Gasteiger charge is -2.09. The molecule has 0 aliphatic heterocycles. The monoisotopic (exact) mass is 313 g/mol. The van der Waals surface area contributed by atoms with Crippen LogP contribution in [0.15, 0.2) is 22.7 Å². The van der Waals surface area contributed by atoms with Crippen molar-refractivity contribution in [2.24, 2.45) is 0 Å². The van der Waals surface area contributed by atoms with Crippen molar-refractivity contribution in [3.05, 3.63) is 28.2 Å². The van der Waals surface area contributed by atoms with E-state index in [9.17, 15) is 4.79 Å². The molecule has 0 radical (unpaired) electrons. The van der Waals surface area contributed by atoms with Gasteiger partial charge in [-0.2, -0.15) is 0 Å². The molecule has 5 heteroatoms. The molecule has 17 heavy (non-hydrogen) atoms. The fourth-order valence-corrected chi connectivity index (χ4v) is 2.11. The molecule has 2 N–H and O–H groups in total. The summed E-state index contributed by atoms with van der Waals surface area (Å²) in [5.41, 5.74) is 0.892. The number of hydrogen-bond donors (Lipinski definition) is 2. The second kappa shape index (κ2) is 7.25. The molecule has 0 saturated heterocycles. The van der Waals surface area contributed by atoms with Crippen molar-refractivity contribution >= 4 is 39.3 Å². The van der Waals surface area contributed by atoms with Crippen molar-refractivity contribution in [2.75, 3.05) is 23.4 Å². The number of terminal acetylenes is 1. The molecule has 0 aliphatic rings. The minimum Gasteiger partial charge on any atom is -0.478 e. The van der Waals surface area contributed by atoms with Crippen LogP contribution in [-0.2, 0) is 0 Å². The second-order valence-electron chi connectivity index (χ2n) is 3.18. The Labute approximate surface area is 113 Å². The number of aromatic carboxylic acids is 1. The van der Waals surface area contributed by atoms with Gasteiger partial charge < -0.3 is 10.4 Å². The highest BCUT2D eigenvalue weighted by molar-refractivity contribution is 9.10. The lowest BCUT2D eigenvalue weighted by Crippen LogP contribution is -2.09. The van der Waals surface area contributed by atoms with E-state index in [1.54, 1.807) is 30.0 Å². The van der Waals surface area contributed by atoms with Gasteiger partial charge in [0.15, 0.2) is 0 Å². The van der Waals surface area contributed by atoms with Gasteiger partial charge in [-0.05, 0) is 18.2 Å². The number of anilines is 1. The molecule has 3 nitrogen and oxygen atoms in total. The Hall–Kier alpha value is -1.12. The van der Waals surface area contributed by atoms with Crippen LogP contribution in [0.4, 0.5) is 5.69 Å². The van der Waals surface area contributed by atoms with Crippen LogP contribution in [-0.4, -0.2) is 29.1 Å². The molecule has 0 aromatic heterocycles. The van der Waals surface area contributed by atoms with Gasteiger partial charge in [-0.15, -0.1) is 18.2 Å². The number of hydrogen-bond acceptors (Lipinski definition) is 3. The highest BCUT2D eigenvalue weighted by atomic mass is 79.9. The van der Waals surface area contributed by atoms with Gasteiger partial charge in [0, 0.05) is 22.5 Å². The van der Waals surface area contributed by atoms with E-state index in [4.69, 9.17) is 11.5 Å². The molecule has 1 aromatic rings. The summed E-state index contributed by atoms with van der Waals surface area (Å²) in [5, 5.41) is 12.1. The highest BCUT2D eigenvalue weighted by Gasteiger charge is 2.09. The van der Waals surface area contributed by atoms with Gasteiger partial charge in [-0.1, -0.05) is 21.9 Å². The maximum Gasteiger partial charge on any atom is 0.337 e. The standard InChI is InChI=1S/C12H12BrNO2S/c1-2-6-17-7-5-14-11-8-9(13)3-4-10(11)12(15)16/h1,3-4,8,14H,5-7H2,(H,15,16). The number of halogens is 1. The predicted octanol–water partition coefficient (Wildman–Crippen LogP) is 2.93. The number of thioether (sulfide) groups is 1. The summed E-state index contributed by atoms with van der Waals surface area (Å²) in [7, 11) is 0. The SMILES string of the molecule is C#CCSCCNc1cc(Br)ccc1C(=O)O. The Morgan fingerprint density at radius 1 is 1.59 bits per heavy atom. The fraction of sp³-hybridized carbons (Fsp3) is 0.250. The van der Waals surface area contributed by atoms with Crippen molar-refractivity contribution in [2.45, 2.75) is 0 Å². The Bertz CT molecular complexity index is 443. The van der Waals surface area contributed by atoms with Gasteiger partial charge >= 0.3 is 5.97 Å². The zero-order valence-corrected chi connectivity index (χ0v) is 11.5. The van der Waals surface area contributed by atoms with Gasteiger partial charge in [-0.3, -0.25) is 0 Å². The molecule has 0 atom stereocenters. The second-order valence-corrected chi connectivity index (χ2v) is 5.20. The summed E-state index contributed by atoms with van der Waals surface area (Å²) in [6.07, 6.45) is 5.13. The van der Waals surface area contributed by atoms with Gasteiger partial charge in [0.25, 0.3) is 0 Å². The third-order valence-corrected chi connectivity index (χ3v) is 3.32. The van der Waals surface area contributed by atoms with E-state index >= 15 is 0 Å². The minimum atomic E-state index is -0.934. The molecule has 0 fully saturated rings. The molecule has 0 saturated carbocycles. The van der Waals surface area contributed by atoms with E-state index in [0.717, 1.165) is 10.2 Å². The maximum absolute atomic E-state index is 11.0. The highest BCUT2D eigenvalue weighted by Crippen LogP contribution is 2.21. The zero-order valence-electron chi connectivity index (χ0n) is 9.07. The normalized spacial score (nSPS) is 9.65. The van der Waals surface area contributed by atoms with Crippen molar-refractivity contribution in [3.8, 4) is 12.3 Å². The van der Waals surface area contributed by atoms with E-state index in [2.05, 4.69) is 27.2 Å². The zero-order chi connectivity index (χ0) is 12.7. The van der Waals surface area contributed by atoms with Gasteiger partial charge in [0.05, 0.1) is 11.3 Å². The van der Waals surface area contributed by atoms with Crippen molar-refractivity contribution in [1.29, 1.82) is 0 Å². The molecule has 0 aliphatic carbocycles. The first-order chi connectivity index (χ1) is 8.15. The topological polar surface area (TPSA) is 49.3 Å². The first kappa shape index (κ1) is 13.9. The van der Waals surface area contributed by atoms with Crippen LogP contribution in [0.5, 0.6) is 0 Å². The van der Waals surface area contributed by atoms with E-state index in [0.29, 0.717) is 18.0 Å². The quantitative estimate of drug-likeness (QED) is 0.626. The number of nitrogens with one attached hydrogen (secondary N) is 1. The molecule has 0 unspecified atom stereocenters. The van der Waals surface area contributed by atoms with E-state index < -0.39 is 5.97 Å². The van der Waals surface area contributed by atoms with Crippen molar-refractivity contribution < 1.29 is 9.90 Å². The van der Waals surface area contributed by atoms with Crippen LogP contribution in [0.25, 0.3) is 0 Å². The van der Waals surface area contributed by atoms with Crippen LogP contribution in [0.2, 0.25) is 0 Å². The van der Waals surface area contributed by atoms with Gasteiger partial charge in [0.2, 0.25) is 0 Å². The molecular weight excluding hydrogens is 302 g/mol. The fourth-order valence-electron chi connectivity index (χ4n) is 1.24. The van der Waals surface area contributed by atoms with E-state index in [1.807, 2.05) is 0 Å². The Balaban J connectivity index is 2.60. The minimum absolute atomic E-state index is 0.273. The average Bonchev–Trinajstić information content (AvgIpc) is 2.28. The number of benzene rings is 1. The summed E-state index contributed by atoms with van der Waals surface area (Å²) >= 11 is 4.95. The van der Waals surface area contributed by atoms with Crippen molar-refractivity contribution in [3.63, 3.8) is 0 Å². The molecular formula is C12H12BrNO2S. The molecule has 0 amide bonds. The Kier molecular flexibility index (Phi) is 5.95. The summed E-state index contributed by atoms with van der Waals surface area (Å²) in [6.45, 7) is 0.684. The lowest BCUT2D eigenvalue weighted by atomic mass is 10.2. The molecule has 90 valence electrons. The van der Waals surface area contributed by atoms with Crippen LogP contribution in [0, 0.1) is 12.3 Å². The summed E-state index contributed by atoms with van der Waals surface area (Å²) < 4.78 is 0.848. The van der Waals surface area contributed by atoms with Gasteiger partial charge in [-0.25, -0.2) is 4.79 Å². The maximum atomic E-state index is 11.0. The lowest BCUT2D eigenvalue weighted by molar-refractivity contribution is 0.0698.